The van der Waals surface area contributed by atoms with Gasteiger partial charge in [-0.05, 0) is 26.7 Å². The van der Waals surface area contributed by atoms with E-state index in [0.717, 1.165) is 49.3 Å². The standard InChI is InChI=1S/C13H23N3O2S2/c1-3-14-9-16(10-20-13(14)19)11-5-7-15(8-6-11)12(17)18-4-2/h11H,3-10H2,1-2H3. The summed E-state index contributed by atoms with van der Waals surface area (Å²) in [6.45, 7) is 7.90. The molecule has 2 heterocycles. The molecule has 0 saturated carbocycles. The number of piperidine rings is 1. The fourth-order valence-electron chi connectivity index (χ4n) is 2.63. The largest absolute Gasteiger partial charge is 0.450 e. The minimum atomic E-state index is -0.171. The lowest BCUT2D eigenvalue weighted by atomic mass is 10.0. The van der Waals surface area contributed by atoms with Gasteiger partial charge < -0.3 is 14.5 Å². The molecule has 0 aromatic carbocycles. The van der Waals surface area contributed by atoms with Gasteiger partial charge in [0.15, 0.2) is 0 Å². The van der Waals surface area contributed by atoms with Crippen molar-refractivity contribution in [1.82, 2.24) is 14.7 Å². The smallest absolute Gasteiger partial charge is 0.409 e. The van der Waals surface area contributed by atoms with Gasteiger partial charge in [-0.1, -0.05) is 24.0 Å². The molecule has 0 atom stereocenters. The third-order valence-electron chi connectivity index (χ3n) is 3.85. The van der Waals surface area contributed by atoms with E-state index < -0.39 is 0 Å². The van der Waals surface area contributed by atoms with E-state index in [1.165, 1.54) is 0 Å². The van der Waals surface area contributed by atoms with Gasteiger partial charge in [0, 0.05) is 25.7 Å². The lowest BCUT2D eigenvalue weighted by molar-refractivity contribution is 0.0694. The van der Waals surface area contributed by atoms with Crippen molar-refractivity contribution >= 4 is 34.4 Å². The zero-order chi connectivity index (χ0) is 14.5. The topological polar surface area (TPSA) is 36.0 Å². The van der Waals surface area contributed by atoms with Gasteiger partial charge in [-0.15, -0.1) is 0 Å². The van der Waals surface area contributed by atoms with Crippen LogP contribution in [0.15, 0.2) is 0 Å². The minimum absolute atomic E-state index is 0.171. The van der Waals surface area contributed by atoms with Crippen LogP contribution in [0.5, 0.6) is 0 Å². The highest BCUT2D eigenvalue weighted by Gasteiger charge is 2.30. The fourth-order valence-corrected chi connectivity index (χ4v) is 3.91. The lowest BCUT2D eigenvalue weighted by Gasteiger charge is -2.43. The van der Waals surface area contributed by atoms with Crippen LogP contribution in [0, 0.1) is 0 Å². The Morgan fingerprint density at radius 2 is 2.10 bits per heavy atom. The first-order valence-corrected chi connectivity index (χ1v) is 8.62. The summed E-state index contributed by atoms with van der Waals surface area (Å²) in [6.07, 6.45) is 1.86. The molecule has 2 saturated heterocycles. The van der Waals surface area contributed by atoms with Gasteiger partial charge in [-0.2, -0.15) is 0 Å². The van der Waals surface area contributed by atoms with Crippen LogP contribution in [0.1, 0.15) is 26.7 Å². The average molecular weight is 317 g/mol. The normalized spacial score (nSPS) is 22.2. The minimum Gasteiger partial charge on any atom is -0.450 e. The van der Waals surface area contributed by atoms with Crippen LogP contribution in [0.4, 0.5) is 4.79 Å². The van der Waals surface area contributed by atoms with Crippen molar-refractivity contribution in [2.45, 2.75) is 32.7 Å². The Morgan fingerprint density at radius 1 is 1.40 bits per heavy atom. The molecule has 0 N–H and O–H groups in total. The van der Waals surface area contributed by atoms with E-state index in [1.54, 1.807) is 11.8 Å². The quantitative estimate of drug-likeness (QED) is 0.743. The van der Waals surface area contributed by atoms with Gasteiger partial charge in [0.05, 0.1) is 19.2 Å². The molecule has 5 nitrogen and oxygen atoms in total. The van der Waals surface area contributed by atoms with E-state index in [1.807, 2.05) is 11.8 Å². The van der Waals surface area contributed by atoms with E-state index in [0.29, 0.717) is 12.6 Å². The maximum atomic E-state index is 11.7. The van der Waals surface area contributed by atoms with E-state index in [2.05, 4.69) is 16.7 Å². The molecule has 0 bridgehead atoms. The van der Waals surface area contributed by atoms with E-state index in [-0.39, 0.29) is 6.09 Å². The molecule has 0 unspecified atom stereocenters. The molecule has 0 aliphatic carbocycles. The SMILES string of the molecule is CCOC(=O)N1CCC(N2CSC(=S)N(CC)C2)CC1. The first-order chi connectivity index (χ1) is 9.65. The molecule has 2 fully saturated rings. The highest BCUT2D eigenvalue weighted by atomic mass is 32.2. The highest BCUT2D eigenvalue weighted by molar-refractivity contribution is 8.22. The molecule has 7 heteroatoms. The molecule has 1 amide bonds. The van der Waals surface area contributed by atoms with Gasteiger partial charge in [-0.25, -0.2) is 4.79 Å². The molecule has 2 rings (SSSR count). The zero-order valence-electron chi connectivity index (χ0n) is 12.2. The molecule has 0 spiro atoms. The predicted octanol–water partition coefficient (Wildman–Crippen LogP) is 2.18. The van der Waals surface area contributed by atoms with Gasteiger partial charge in [0.25, 0.3) is 0 Å². The van der Waals surface area contributed by atoms with Gasteiger partial charge in [-0.3, -0.25) is 4.90 Å². The van der Waals surface area contributed by atoms with Crippen molar-refractivity contribution in [3.8, 4) is 0 Å². The van der Waals surface area contributed by atoms with Crippen molar-refractivity contribution in [1.29, 1.82) is 0 Å². The van der Waals surface area contributed by atoms with Crippen molar-refractivity contribution in [3.05, 3.63) is 0 Å². The van der Waals surface area contributed by atoms with Crippen molar-refractivity contribution in [2.75, 3.05) is 38.8 Å². The van der Waals surface area contributed by atoms with Gasteiger partial charge >= 0.3 is 6.09 Å². The number of ether oxygens (including phenoxy) is 1. The summed E-state index contributed by atoms with van der Waals surface area (Å²) in [7, 11) is 0. The first kappa shape index (κ1) is 15.9. The Kier molecular flexibility index (Phi) is 5.92. The molecule has 2 aliphatic heterocycles. The summed E-state index contributed by atoms with van der Waals surface area (Å²) in [5.74, 6) is 0.972. The zero-order valence-corrected chi connectivity index (χ0v) is 13.8. The van der Waals surface area contributed by atoms with Crippen molar-refractivity contribution in [3.63, 3.8) is 0 Å². The second kappa shape index (κ2) is 7.47. The van der Waals surface area contributed by atoms with Crippen LogP contribution in [0.25, 0.3) is 0 Å². The molecule has 114 valence electrons. The number of likely N-dealkylation sites (tertiary alicyclic amines) is 1. The van der Waals surface area contributed by atoms with E-state index in [4.69, 9.17) is 17.0 Å². The van der Waals surface area contributed by atoms with E-state index in [9.17, 15) is 4.79 Å². The van der Waals surface area contributed by atoms with Gasteiger partial charge in [0.2, 0.25) is 0 Å². The Balaban J connectivity index is 1.82. The predicted molar refractivity (Wildman–Crippen MR) is 85.8 cm³/mol. The number of hydrogen-bond donors (Lipinski definition) is 0. The number of thioether (sulfide) groups is 1. The fraction of sp³-hybridized carbons (Fsp3) is 0.846. The van der Waals surface area contributed by atoms with Crippen LogP contribution < -0.4 is 0 Å². The van der Waals surface area contributed by atoms with Crippen LogP contribution in [-0.4, -0.2) is 69.9 Å². The summed E-state index contributed by atoms with van der Waals surface area (Å²) in [4.78, 5) is 18.2. The molecule has 0 aromatic rings. The van der Waals surface area contributed by atoms with Crippen LogP contribution in [0.3, 0.4) is 0 Å². The Labute approximate surface area is 130 Å². The summed E-state index contributed by atoms with van der Waals surface area (Å²) in [5.41, 5.74) is 0. The highest BCUT2D eigenvalue weighted by Crippen LogP contribution is 2.25. The molecule has 0 radical (unpaired) electrons. The number of amides is 1. The Bertz CT molecular complexity index is 360. The van der Waals surface area contributed by atoms with Crippen LogP contribution >= 0.6 is 24.0 Å². The maximum Gasteiger partial charge on any atom is 0.409 e. The monoisotopic (exact) mass is 317 g/mol. The summed E-state index contributed by atoms with van der Waals surface area (Å²) < 4.78 is 6.06. The number of rotatable bonds is 3. The number of carbonyl (C=O) groups excluding carboxylic acids is 1. The Hall–Kier alpha value is -0.530. The third kappa shape index (κ3) is 3.77. The molecule has 20 heavy (non-hydrogen) atoms. The molecule has 2 aliphatic rings. The Morgan fingerprint density at radius 3 is 2.70 bits per heavy atom. The second-order valence-corrected chi connectivity index (χ2v) is 6.62. The second-order valence-electron chi connectivity index (χ2n) is 5.04. The number of carbonyl (C=O) groups is 1. The number of hydrogen-bond acceptors (Lipinski definition) is 5. The van der Waals surface area contributed by atoms with Gasteiger partial charge in [0.1, 0.15) is 4.32 Å². The van der Waals surface area contributed by atoms with E-state index >= 15 is 0 Å². The van der Waals surface area contributed by atoms with Crippen LogP contribution in [0.2, 0.25) is 0 Å². The maximum absolute atomic E-state index is 11.7. The first-order valence-electron chi connectivity index (χ1n) is 7.23. The third-order valence-corrected chi connectivity index (χ3v) is 5.43. The summed E-state index contributed by atoms with van der Waals surface area (Å²) in [5, 5.41) is 0. The molecule has 0 aromatic heterocycles. The van der Waals surface area contributed by atoms with Crippen molar-refractivity contribution < 1.29 is 9.53 Å². The molecular weight excluding hydrogens is 294 g/mol. The van der Waals surface area contributed by atoms with Crippen LogP contribution in [-0.2, 0) is 4.74 Å². The van der Waals surface area contributed by atoms with Crippen molar-refractivity contribution in [2.24, 2.45) is 0 Å². The summed E-state index contributed by atoms with van der Waals surface area (Å²) >= 11 is 7.10. The summed E-state index contributed by atoms with van der Waals surface area (Å²) in [6, 6.07) is 0.547. The number of nitrogens with zero attached hydrogens (tertiary/aromatic N) is 3. The number of thiocarbonyl (C=S) groups is 1. The molecular formula is C13H23N3O2S2. The average Bonchev–Trinajstić information content (AvgIpc) is 2.48. The lowest BCUT2D eigenvalue weighted by Crippen LogP contribution is -2.52.